The van der Waals surface area contributed by atoms with Gasteiger partial charge in [-0.1, -0.05) is 60.7 Å². The third-order valence-electron chi connectivity index (χ3n) is 10.0. The molecule has 3 atom stereocenters. The Labute approximate surface area is 243 Å². The van der Waals surface area contributed by atoms with E-state index in [-0.39, 0.29) is 6.10 Å². The van der Waals surface area contributed by atoms with E-state index in [1.807, 2.05) is 67.7 Å². The van der Waals surface area contributed by atoms with E-state index in [0.29, 0.717) is 36.3 Å². The smallest absolute Gasteiger partial charge is 0.412 e. The Morgan fingerprint density at radius 3 is 1.93 bits per heavy atom. The second-order valence-electron chi connectivity index (χ2n) is 12.4. The minimum atomic E-state index is -1.58. The number of quaternary nitrogens is 1. The standard InChI is InChI=1S/C33H44N3O5/c1-25(39-32(38)35-19-17-34(2)18-20-35)41-33(26-11-5-3-6-12-26,27-13-7-4-8-14-27)31(37)40-30-23-28-15-16-29(24-30)36(28)21-9-10-22-36/h3-8,11-14,25,28-30H,9-10,15-24H2,1-2H3/q+1/t25-,28?,29?,30?/m1/s1. The summed E-state index contributed by atoms with van der Waals surface area (Å²) in [6.07, 6.45) is 5.28. The molecule has 41 heavy (non-hydrogen) atoms. The van der Waals surface area contributed by atoms with E-state index in [2.05, 4.69) is 4.90 Å². The minimum Gasteiger partial charge on any atom is -0.459 e. The SMILES string of the molecule is C[C@H](OC(=O)N1CCN(C)CC1)OC(C(=O)OC1CC2CCC(C1)[N+]21CCCC1)(c1ccccc1)c1ccccc1. The van der Waals surface area contributed by atoms with Crippen LogP contribution in [0.2, 0.25) is 0 Å². The molecule has 1 amide bonds. The summed E-state index contributed by atoms with van der Waals surface area (Å²) in [6, 6.07) is 20.1. The highest BCUT2D eigenvalue weighted by atomic mass is 16.7. The van der Waals surface area contributed by atoms with Crippen LogP contribution in [0.5, 0.6) is 0 Å². The van der Waals surface area contributed by atoms with Crippen LogP contribution in [-0.4, -0.2) is 97.1 Å². The molecule has 8 heteroatoms. The van der Waals surface area contributed by atoms with Gasteiger partial charge in [0.15, 0.2) is 0 Å². The van der Waals surface area contributed by atoms with Gasteiger partial charge in [0, 0.05) is 64.7 Å². The molecule has 2 bridgehead atoms. The molecule has 4 fully saturated rings. The monoisotopic (exact) mass is 562 g/mol. The number of carbonyl (C=O) groups excluding carboxylic acids is 2. The lowest BCUT2D eigenvalue weighted by Gasteiger charge is -2.47. The van der Waals surface area contributed by atoms with Crippen molar-refractivity contribution < 1.29 is 28.3 Å². The molecule has 0 radical (unpaired) electrons. The predicted octanol–water partition coefficient (Wildman–Crippen LogP) is 4.52. The van der Waals surface area contributed by atoms with Crippen LogP contribution >= 0.6 is 0 Å². The first-order valence-electron chi connectivity index (χ1n) is 15.4. The topological polar surface area (TPSA) is 68.3 Å². The number of piperidine rings is 1. The molecule has 2 unspecified atom stereocenters. The van der Waals surface area contributed by atoms with Gasteiger partial charge in [-0.2, -0.15) is 0 Å². The van der Waals surface area contributed by atoms with Gasteiger partial charge in [0.1, 0.15) is 6.10 Å². The molecule has 0 aromatic heterocycles. The summed E-state index contributed by atoms with van der Waals surface area (Å²) in [5.41, 5.74) is -0.276. The number of piperazine rings is 1. The highest BCUT2D eigenvalue weighted by molar-refractivity contribution is 5.86. The van der Waals surface area contributed by atoms with Crippen LogP contribution in [0, 0.1) is 0 Å². The number of hydrogen-bond acceptors (Lipinski definition) is 6. The molecular weight excluding hydrogens is 518 g/mol. The molecule has 4 aliphatic heterocycles. The Hall–Kier alpha value is -2.94. The first-order valence-corrected chi connectivity index (χ1v) is 15.4. The second-order valence-corrected chi connectivity index (χ2v) is 12.4. The largest absolute Gasteiger partial charge is 0.459 e. The van der Waals surface area contributed by atoms with Crippen molar-refractivity contribution in [2.24, 2.45) is 0 Å². The van der Waals surface area contributed by atoms with Gasteiger partial charge in [-0.25, -0.2) is 9.59 Å². The van der Waals surface area contributed by atoms with E-state index >= 15 is 0 Å². The third-order valence-corrected chi connectivity index (χ3v) is 10.0. The summed E-state index contributed by atoms with van der Waals surface area (Å²) < 4.78 is 20.1. The zero-order valence-corrected chi connectivity index (χ0v) is 24.5. The Balaban J connectivity index is 1.27. The lowest BCUT2D eigenvalue weighted by Crippen LogP contribution is -2.60. The van der Waals surface area contributed by atoms with Gasteiger partial charge in [0.25, 0.3) is 0 Å². The molecule has 1 spiro atoms. The molecule has 0 saturated carbocycles. The van der Waals surface area contributed by atoms with Crippen LogP contribution in [0.4, 0.5) is 4.79 Å². The lowest BCUT2D eigenvalue weighted by molar-refractivity contribution is -0.956. The second kappa shape index (κ2) is 11.7. The van der Waals surface area contributed by atoms with Crippen LogP contribution in [0.25, 0.3) is 0 Å². The van der Waals surface area contributed by atoms with Crippen LogP contribution in [0.15, 0.2) is 60.7 Å². The third kappa shape index (κ3) is 5.38. The number of hydrogen-bond donors (Lipinski definition) is 0. The van der Waals surface area contributed by atoms with Crippen LogP contribution in [0.3, 0.4) is 0 Å². The van der Waals surface area contributed by atoms with E-state index in [9.17, 15) is 9.59 Å². The number of nitrogens with zero attached hydrogens (tertiary/aromatic N) is 3. The molecule has 6 rings (SSSR count). The molecule has 2 aromatic rings. The number of benzene rings is 2. The fourth-order valence-corrected chi connectivity index (χ4v) is 7.95. The van der Waals surface area contributed by atoms with Gasteiger partial charge >= 0.3 is 12.1 Å². The average Bonchev–Trinajstić information content (AvgIpc) is 3.53. The van der Waals surface area contributed by atoms with Crippen molar-refractivity contribution >= 4 is 12.1 Å². The zero-order valence-electron chi connectivity index (χ0n) is 24.5. The molecule has 0 aliphatic carbocycles. The lowest BCUT2D eigenvalue weighted by atomic mass is 9.85. The molecule has 0 N–H and O–H groups in total. The number of esters is 1. The van der Waals surface area contributed by atoms with Gasteiger partial charge in [-0.05, 0) is 25.1 Å². The summed E-state index contributed by atoms with van der Waals surface area (Å²) >= 11 is 0. The Morgan fingerprint density at radius 2 is 1.39 bits per heavy atom. The highest BCUT2D eigenvalue weighted by Crippen LogP contribution is 2.47. The first kappa shape index (κ1) is 28.2. The van der Waals surface area contributed by atoms with Crippen LogP contribution < -0.4 is 0 Å². The molecule has 8 nitrogen and oxygen atoms in total. The normalized spacial score (nSPS) is 26.6. The van der Waals surface area contributed by atoms with Gasteiger partial charge in [0.2, 0.25) is 11.9 Å². The Kier molecular flexibility index (Phi) is 8.07. The Morgan fingerprint density at radius 1 is 0.854 bits per heavy atom. The molecule has 220 valence electrons. The summed E-state index contributed by atoms with van der Waals surface area (Å²) in [7, 11) is 2.04. The zero-order chi connectivity index (χ0) is 28.5. The van der Waals surface area contributed by atoms with Gasteiger partial charge < -0.3 is 28.5 Å². The van der Waals surface area contributed by atoms with Crippen LogP contribution in [-0.2, 0) is 24.6 Å². The first-order chi connectivity index (χ1) is 19.9. The number of likely N-dealkylation sites (N-methyl/N-ethyl adjacent to an activating group) is 1. The Bertz CT molecular complexity index is 1140. The van der Waals surface area contributed by atoms with E-state index in [1.165, 1.54) is 43.3 Å². The maximum Gasteiger partial charge on any atom is 0.412 e. The number of carbonyl (C=O) groups is 2. The van der Waals surface area contributed by atoms with Crippen molar-refractivity contribution in [1.29, 1.82) is 0 Å². The maximum atomic E-state index is 14.5. The maximum absolute atomic E-state index is 14.5. The van der Waals surface area contributed by atoms with E-state index < -0.39 is 24.0 Å². The number of amides is 1. The highest BCUT2D eigenvalue weighted by Gasteiger charge is 2.57. The summed E-state index contributed by atoms with van der Waals surface area (Å²) in [4.78, 5) is 31.5. The van der Waals surface area contributed by atoms with E-state index in [1.54, 1.807) is 11.8 Å². The van der Waals surface area contributed by atoms with Gasteiger partial charge in [0.05, 0.1) is 25.2 Å². The van der Waals surface area contributed by atoms with Crippen LogP contribution in [0.1, 0.15) is 56.6 Å². The molecule has 2 aromatic carbocycles. The minimum absolute atomic E-state index is 0.150. The van der Waals surface area contributed by atoms with E-state index in [0.717, 1.165) is 25.9 Å². The average molecular weight is 563 g/mol. The summed E-state index contributed by atoms with van der Waals surface area (Å²) in [6.45, 7) is 6.99. The van der Waals surface area contributed by atoms with Crippen molar-refractivity contribution in [1.82, 2.24) is 9.80 Å². The quantitative estimate of drug-likeness (QED) is 0.281. The van der Waals surface area contributed by atoms with Crippen molar-refractivity contribution in [2.45, 2.75) is 75.5 Å². The van der Waals surface area contributed by atoms with E-state index in [4.69, 9.17) is 14.2 Å². The predicted molar refractivity (Wildman–Crippen MR) is 155 cm³/mol. The summed E-state index contributed by atoms with van der Waals surface area (Å²) in [5, 5.41) is 0. The molecule has 4 aliphatic rings. The number of rotatable bonds is 7. The van der Waals surface area contributed by atoms with Gasteiger partial charge in [-0.3, -0.25) is 0 Å². The van der Waals surface area contributed by atoms with Crippen molar-refractivity contribution in [2.75, 3.05) is 46.3 Å². The number of ether oxygens (including phenoxy) is 3. The summed E-state index contributed by atoms with van der Waals surface area (Å²) in [5.74, 6) is -0.448. The molecule has 4 heterocycles. The van der Waals surface area contributed by atoms with Gasteiger partial charge in [-0.15, -0.1) is 0 Å². The van der Waals surface area contributed by atoms with Crippen molar-refractivity contribution in [3.63, 3.8) is 0 Å². The van der Waals surface area contributed by atoms with Crippen molar-refractivity contribution in [3.8, 4) is 0 Å². The fraction of sp³-hybridized carbons (Fsp3) is 0.576. The fourth-order valence-electron chi connectivity index (χ4n) is 7.95. The molecule has 4 saturated heterocycles. The molecular formula is C33H44N3O5+. The van der Waals surface area contributed by atoms with Crippen molar-refractivity contribution in [3.05, 3.63) is 71.8 Å².